The highest BCUT2D eigenvalue weighted by atomic mass is 19.4. The van der Waals surface area contributed by atoms with Crippen LogP contribution in [0.5, 0.6) is 0 Å². The number of aromatic amines is 1. The Balaban J connectivity index is 1.60. The smallest absolute Gasteiger partial charge is 0.350 e. The minimum absolute atomic E-state index is 0.222. The first-order valence-corrected chi connectivity index (χ1v) is 10.6. The van der Waals surface area contributed by atoms with Gasteiger partial charge in [0.15, 0.2) is 11.6 Å². The summed E-state index contributed by atoms with van der Waals surface area (Å²) in [5.74, 6) is 1.25. The molecule has 8 nitrogen and oxygen atoms in total. The SMILES string of the molecule is C/C=C/c1cc(Nc2nc(/C=C/c3cccc(C(F)(F)F)c3)nc(NCc3ccncc3)n2)n[nH]1. The normalized spacial score (nSPS) is 11.9. The molecule has 0 aliphatic carbocycles. The topological polar surface area (TPSA) is 104 Å². The Morgan fingerprint density at radius 1 is 0.943 bits per heavy atom. The Bertz CT molecular complexity index is 1330. The number of H-pyrrole nitrogens is 1. The molecule has 0 aliphatic rings. The monoisotopic (exact) mass is 478 g/mol. The summed E-state index contributed by atoms with van der Waals surface area (Å²) >= 11 is 0. The van der Waals surface area contributed by atoms with E-state index >= 15 is 0 Å². The van der Waals surface area contributed by atoms with Gasteiger partial charge in [-0.15, -0.1) is 0 Å². The number of nitrogens with one attached hydrogen (secondary N) is 3. The average Bonchev–Trinajstić information content (AvgIpc) is 3.28. The quantitative estimate of drug-likeness (QED) is 0.304. The highest BCUT2D eigenvalue weighted by Crippen LogP contribution is 2.29. The van der Waals surface area contributed by atoms with Gasteiger partial charge in [0, 0.05) is 25.0 Å². The fraction of sp³-hybridized carbons (Fsp3) is 0.125. The van der Waals surface area contributed by atoms with Gasteiger partial charge in [0.2, 0.25) is 11.9 Å². The van der Waals surface area contributed by atoms with E-state index in [-0.39, 0.29) is 17.7 Å². The lowest BCUT2D eigenvalue weighted by Crippen LogP contribution is -2.08. The van der Waals surface area contributed by atoms with Crippen molar-refractivity contribution in [2.24, 2.45) is 0 Å². The maximum Gasteiger partial charge on any atom is 0.416 e. The zero-order valence-corrected chi connectivity index (χ0v) is 18.6. The number of hydrogen-bond acceptors (Lipinski definition) is 7. The molecular formula is C24H21F3N8. The van der Waals surface area contributed by atoms with Gasteiger partial charge in [0.05, 0.1) is 11.3 Å². The van der Waals surface area contributed by atoms with Gasteiger partial charge in [-0.1, -0.05) is 24.3 Å². The third-order valence-electron chi connectivity index (χ3n) is 4.68. The molecule has 0 saturated carbocycles. The summed E-state index contributed by atoms with van der Waals surface area (Å²) < 4.78 is 39.1. The number of allylic oxidation sites excluding steroid dienone is 1. The average molecular weight is 478 g/mol. The summed E-state index contributed by atoms with van der Waals surface area (Å²) in [6, 6.07) is 10.5. The lowest BCUT2D eigenvalue weighted by Gasteiger charge is -2.08. The van der Waals surface area contributed by atoms with E-state index in [0.29, 0.717) is 17.9 Å². The lowest BCUT2D eigenvalue weighted by molar-refractivity contribution is -0.137. The molecule has 0 bridgehead atoms. The van der Waals surface area contributed by atoms with Gasteiger partial charge < -0.3 is 10.6 Å². The number of nitrogens with zero attached hydrogens (tertiary/aromatic N) is 5. The van der Waals surface area contributed by atoms with Crippen molar-refractivity contribution in [1.82, 2.24) is 30.1 Å². The van der Waals surface area contributed by atoms with Crippen LogP contribution in [0.4, 0.5) is 30.9 Å². The molecule has 178 valence electrons. The molecule has 1 aromatic carbocycles. The molecule has 35 heavy (non-hydrogen) atoms. The fourth-order valence-corrected chi connectivity index (χ4v) is 3.05. The molecule has 0 saturated heterocycles. The van der Waals surface area contributed by atoms with Crippen LogP contribution < -0.4 is 10.6 Å². The number of halogens is 3. The van der Waals surface area contributed by atoms with Crippen LogP contribution in [0.25, 0.3) is 18.2 Å². The van der Waals surface area contributed by atoms with Gasteiger partial charge in [0.1, 0.15) is 0 Å². The second-order valence-corrected chi connectivity index (χ2v) is 7.34. The van der Waals surface area contributed by atoms with Crippen molar-refractivity contribution in [2.75, 3.05) is 10.6 Å². The zero-order chi connectivity index (χ0) is 24.7. The minimum Gasteiger partial charge on any atom is -0.350 e. The molecule has 0 radical (unpaired) electrons. The number of anilines is 3. The summed E-state index contributed by atoms with van der Waals surface area (Å²) in [6.45, 7) is 2.33. The maximum atomic E-state index is 13.0. The first kappa shape index (κ1) is 23.6. The predicted molar refractivity (Wildman–Crippen MR) is 128 cm³/mol. The summed E-state index contributed by atoms with van der Waals surface area (Å²) in [5.41, 5.74) is 1.40. The largest absolute Gasteiger partial charge is 0.416 e. The Kier molecular flexibility index (Phi) is 7.15. The van der Waals surface area contributed by atoms with Crippen molar-refractivity contribution in [3.63, 3.8) is 0 Å². The van der Waals surface area contributed by atoms with E-state index in [1.54, 1.807) is 24.5 Å². The minimum atomic E-state index is -4.42. The van der Waals surface area contributed by atoms with Crippen molar-refractivity contribution >= 4 is 35.9 Å². The van der Waals surface area contributed by atoms with Crippen LogP contribution in [0, 0.1) is 0 Å². The van der Waals surface area contributed by atoms with Gasteiger partial charge in [-0.3, -0.25) is 10.1 Å². The number of hydrogen-bond donors (Lipinski definition) is 3. The maximum absolute atomic E-state index is 13.0. The van der Waals surface area contributed by atoms with Crippen LogP contribution in [0.3, 0.4) is 0 Å². The second kappa shape index (κ2) is 10.6. The first-order valence-electron chi connectivity index (χ1n) is 10.6. The molecule has 4 aromatic rings. The molecule has 4 rings (SSSR count). The number of benzene rings is 1. The highest BCUT2D eigenvalue weighted by Gasteiger charge is 2.30. The molecule has 0 aliphatic heterocycles. The molecule has 3 aromatic heterocycles. The van der Waals surface area contributed by atoms with E-state index in [1.807, 2.05) is 31.2 Å². The highest BCUT2D eigenvalue weighted by molar-refractivity contribution is 5.68. The predicted octanol–water partition coefficient (Wildman–Crippen LogP) is 5.57. The Morgan fingerprint density at radius 2 is 1.74 bits per heavy atom. The fourth-order valence-electron chi connectivity index (χ4n) is 3.05. The van der Waals surface area contributed by atoms with Gasteiger partial charge in [-0.25, -0.2) is 0 Å². The molecular weight excluding hydrogens is 457 g/mol. The van der Waals surface area contributed by atoms with Crippen LogP contribution >= 0.6 is 0 Å². The van der Waals surface area contributed by atoms with Crippen LogP contribution in [0.15, 0.2) is 60.9 Å². The molecule has 3 heterocycles. The summed E-state index contributed by atoms with van der Waals surface area (Å²) in [5, 5.41) is 13.2. The van der Waals surface area contributed by atoms with Gasteiger partial charge in [-0.2, -0.15) is 33.2 Å². The summed E-state index contributed by atoms with van der Waals surface area (Å²) in [4.78, 5) is 17.1. The van der Waals surface area contributed by atoms with Crippen molar-refractivity contribution in [1.29, 1.82) is 0 Å². The van der Waals surface area contributed by atoms with E-state index < -0.39 is 11.7 Å². The third kappa shape index (κ3) is 6.73. The van der Waals surface area contributed by atoms with Gasteiger partial charge in [0.25, 0.3) is 0 Å². The van der Waals surface area contributed by atoms with Crippen LogP contribution in [-0.4, -0.2) is 30.1 Å². The number of pyridine rings is 1. The van der Waals surface area contributed by atoms with Crippen LogP contribution in [0.2, 0.25) is 0 Å². The number of rotatable bonds is 8. The first-order chi connectivity index (χ1) is 16.9. The number of aromatic nitrogens is 6. The number of alkyl halides is 3. The van der Waals surface area contributed by atoms with Crippen molar-refractivity contribution in [3.05, 3.63) is 89.1 Å². The molecule has 0 fully saturated rings. The van der Waals surface area contributed by atoms with E-state index in [9.17, 15) is 13.2 Å². The van der Waals surface area contributed by atoms with Crippen LogP contribution in [0.1, 0.15) is 35.1 Å². The van der Waals surface area contributed by atoms with Gasteiger partial charge in [-0.05, 0) is 54.5 Å². The standard InChI is InChI=1S/C24H21F3N8/c1-2-4-19-14-21(35-34-19)32-23-31-20(8-7-16-5-3-6-18(13-16)24(25,26)27)30-22(33-23)29-15-17-9-11-28-12-10-17/h2-14H,15H2,1H3,(H3,29,30,31,32,33,34,35)/b4-2+,8-7+. The van der Waals surface area contributed by atoms with Crippen molar-refractivity contribution in [2.45, 2.75) is 19.6 Å². The molecule has 0 atom stereocenters. The Morgan fingerprint density at radius 3 is 2.51 bits per heavy atom. The molecule has 11 heteroatoms. The van der Waals surface area contributed by atoms with Crippen LogP contribution in [-0.2, 0) is 12.7 Å². The van der Waals surface area contributed by atoms with E-state index in [4.69, 9.17) is 0 Å². The summed E-state index contributed by atoms with van der Waals surface area (Å²) in [6.07, 6.45) is 5.71. The molecule has 3 N–H and O–H groups in total. The second-order valence-electron chi connectivity index (χ2n) is 7.34. The van der Waals surface area contributed by atoms with Crippen molar-refractivity contribution < 1.29 is 13.2 Å². The Hall–Kier alpha value is -4.54. The van der Waals surface area contributed by atoms with Gasteiger partial charge >= 0.3 is 6.18 Å². The molecule has 0 unspecified atom stereocenters. The zero-order valence-electron chi connectivity index (χ0n) is 18.6. The molecule has 0 amide bonds. The Labute approximate surface area is 199 Å². The van der Waals surface area contributed by atoms with E-state index in [2.05, 4.69) is 40.8 Å². The third-order valence-corrected chi connectivity index (χ3v) is 4.68. The molecule has 0 spiro atoms. The van der Waals surface area contributed by atoms with E-state index in [1.165, 1.54) is 18.2 Å². The lowest BCUT2D eigenvalue weighted by atomic mass is 10.1. The van der Waals surface area contributed by atoms with E-state index in [0.717, 1.165) is 23.4 Å². The van der Waals surface area contributed by atoms with Crippen molar-refractivity contribution in [3.8, 4) is 0 Å². The summed E-state index contributed by atoms with van der Waals surface area (Å²) in [7, 11) is 0.